The molecule has 16 heavy (non-hydrogen) atoms. The molecule has 1 aromatic heterocycles. The van der Waals surface area contributed by atoms with Gasteiger partial charge in [0.2, 0.25) is 6.10 Å². The highest BCUT2D eigenvalue weighted by Crippen LogP contribution is 2.14. The van der Waals surface area contributed by atoms with Crippen LogP contribution in [0.5, 0.6) is 0 Å². The van der Waals surface area contributed by atoms with Crippen molar-refractivity contribution < 1.29 is 14.3 Å². The van der Waals surface area contributed by atoms with Gasteiger partial charge in [0.05, 0.1) is 12.0 Å². The van der Waals surface area contributed by atoms with Gasteiger partial charge in [-0.05, 0) is 24.3 Å². The molecule has 0 saturated heterocycles. The number of pyridine rings is 1. The number of rotatable bonds is 4. The minimum atomic E-state index is -0.770. The smallest absolute Gasteiger partial charge is 0.251 e. The predicted octanol–water partition coefficient (Wildman–Crippen LogP) is 1.50. The first-order chi connectivity index (χ1) is 7.90. The van der Waals surface area contributed by atoms with E-state index in [2.05, 4.69) is 4.98 Å². The quantitative estimate of drug-likeness (QED) is 0.765. The van der Waals surface area contributed by atoms with Crippen molar-refractivity contribution in [2.75, 3.05) is 0 Å². The van der Waals surface area contributed by atoms with Crippen LogP contribution in [0.1, 0.15) is 5.69 Å². The molecule has 1 aliphatic rings. The highest BCUT2D eigenvalue weighted by atomic mass is 16.5. The van der Waals surface area contributed by atoms with Crippen molar-refractivity contribution in [2.24, 2.45) is 0 Å². The van der Waals surface area contributed by atoms with Gasteiger partial charge in [-0.1, -0.05) is 6.07 Å². The molecular weight excluding hydrogens is 206 g/mol. The summed E-state index contributed by atoms with van der Waals surface area (Å²) in [6.45, 7) is 0.308. The molecule has 1 aromatic rings. The Balaban J connectivity index is 1.97. The third-order valence-corrected chi connectivity index (χ3v) is 2.03. The molecule has 4 nitrogen and oxygen atoms in total. The van der Waals surface area contributed by atoms with E-state index in [1.807, 2.05) is 18.2 Å². The summed E-state index contributed by atoms with van der Waals surface area (Å²) in [5.74, 6) is 0.447. The molecule has 0 fully saturated rings. The monoisotopic (exact) mass is 216 g/mol. The summed E-state index contributed by atoms with van der Waals surface area (Å²) in [6, 6.07) is 5.55. The molecule has 2 heterocycles. The molecule has 0 bridgehead atoms. The molecule has 2 rings (SSSR count). The Morgan fingerprint density at radius 2 is 2.44 bits per heavy atom. The lowest BCUT2D eigenvalue weighted by atomic mass is 10.2. The molecule has 1 radical (unpaired) electrons. The molecule has 1 unspecified atom stereocenters. The van der Waals surface area contributed by atoms with Crippen LogP contribution in [0.15, 0.2) is 48.6 Å². The second kappa shape index (κ2) is 5.11. The maximum absolute atomic E-state index is 10.6. The second-order valence-corrected chi connectivity index (χ2v) is 3.14. The van der Waals surface area contributed by atoms with Gasteiger partial charge in [0.1, 0.15) is 12.4 Å². The van der Waals surface area contributed by atoms with E-state index in [1.165, 1.54) is 6.26 Å². The molecule has 0 saturated carbocycles. The Labute approximate surface area is 93.2 Å². The van der Waals surface area contributed by atoms with Gasteiger partial charge in [-0.15, -0.1) is 0 Å². The normalized spacial score (nSPS) is 18.5. The lowest BCUT2D eigenvalue weighted by molar-refractivity contribution is 0.108. The van der Waals surface area contributed by atoms with Gasteiger partial charge in [-0.25, -0.2) is 0 Å². The molecular formula is C12H10NO3. The highest BCUT2D eigenvalue weighted by molar-refractivity contribution is 5.62. The van der Waals surface area contributed by atoms with Crippen LogP contribution in [0.25, 0.3) is 0 Å². The van der Waals surface area contributed by atoms with Crippen molar-refractivity contribution in [3.63, 3.8) is 0 Å². The van der Waals surface area contributed by atoms with Gasteiger partial charge >= 0.3 is 0 Å². The molecule has 0 aliphatic carbocycles. The van der Waals surface area contributed by atoms with E-state index >= 15 is 0 Å². The molecule has 0 spiro atoms. The predicted molar refractivity (Wildman–Crippen MR) is 56.8 cm³/mol. The van der Waals surface area contributed by atoms with E-state index in [4.69, 9.17) is 9.47 Å². The Hall–Kier alpha value is -2.10. The number of carbonyl (C=O) groups excluding carboxylic acids is 1. The molecule has 0 amide bonds. The van der Waals surface area contributed by atoms with Crippen LogP contribution >= 0.6 is 0 Å². The third-order valence-electron chi connectivity index (χ3n) is 2.03. The van der Waals surface area contributed by atoms with Crippen molar-refractivity contribution in [3.8, 4) is 0 Å². The second-order valence-electron chi connectivity index (χ2n) is 3.14. The van der Waals surface area contributed by atoms with E-state index in [0.29, 0.717) is 12.4 Å². The zero-order valence-corrected chi connectivity index (χ0v) is 8.50. The zero-order valence-electron chi connectivity index (χ0n) is 8.50. The summed E-state index contributed by atoms with van der Waals surface area (Å²) in [5, 5.41) is 0. The van der Waals surface area contributed by atoms with Crippen LogP contribution in [0.2, 0.25) is 0 Å². The van der Waals surface area contributed by atoms with Gasteiger partial charge in [0.25, 0.3) is 6.29 Å². The largest absolute Gasteiger partial charge is 0.487 e. The summed E-state index contributed by atoms with van der Waals surface area (Å²) in [6.07, 6.45) is 7.46. The lowest BCUT2D eigenvalue weighted by Gasteiger charge is -2.17. The number of ether oxygens (including phenoxy) is 2. The van der Waals surface area contributed by atoms with Crippen molar-refractivity contribution in [2.45, 2.75) is 12.7 Å². The number of allylic oxidation sites excluding steroid dienone is 2. The van der Waals surface area contributed by atoms with Gasteiger partial charge in [0.15, 0.2) is 0 Å². The van der Waals surface area contributed by atoms with Crippen LogP contribution in [-0.4, -0.2) is 17.4 Å². The van der Waals surface area contributed by atoms with Crippen LogP contribution in [0, 0.1) is 0 Å². The van der Waals surface area contributed by atoms with Gasteiger partial charge in [-0.2, -0.15) is 0 Å². The fraction of sp³-hybridized carbons (Fsp3) is 0.167. The van der Waals surface area contributed by atoms with Crippen LogP contribution in [-0.2, 0) is 20.9 Å². The molecule has 1 aliphatic heterocycles. The van der Waals surface area contributed by atoms with Gasteiger partial charge in [0, 0.05) is 6.20 Å². The maximum atomic E-state index is 10.6. The van der Waals surface area contributed by atoms with Crippen LogP contribution < -0.4 is 0 Å². The Bertz CT molecular complexity index is 412. The minimum absolute atomic E-state index is 0.308. The molecule has 4 heteroatoms. The van der Waals surface area contributed by atoms with Crippen molar-refractivity contribution >= 4 is 6.29 Å². The summed E-state index contributed by atoms with van der Waals surface area (Å²) in [7, 11) is 0. The number of hydrogen-bond acceptors (Lipinski definition) is 4. The highest BCUT2D eigenvalue weighted by Gasteiger charge is 2.18. The van der Waals surface area contributed by atoms with Crippen LogP contribution in [0.4, 0.5) is 0 Å². The zero-order chi connectivity index (χ0) is 11.2. The number of aromatic nitrogens is 1. The molecule has 81 valence electrons. The summed E-state index contributed by atoms with van der Waals surface area (Å²) < 4.78 is 10.4. The lowest BCUT2D eigenvalue weighted by Crippen LogP contribution is -2.19. The first kappa shape index (κ1) is 10.4. The van der Waals surface area contributed by atoms with E-state index in [1.54, 1.807) is 24.6 Å². The number of nitrogens with zero attached hydrogens (tertiary/aromatic N) is 1. The molecule has 1 atom stereocenters. The average molecular weight is 216 g/mol. The SMILES string of the molecule is O=[C]C1OC=CC=C1OCc1ccccn1. The van der Waals surface area contributed by atoms with Gasteiger partial charge in [-0.3, -0.25) is 9.78 Å². The fourth-order valence-corrected chi connectivity index (χ4v) is 1.26. The number of hydrogen-bond donors (Lipinski definition) is 0. The molecule has 0 aromatic carbocycles. The van der Waals surface area contributed by atoms with E-state index in [0.717, 1.165) is 5.69 Å². The average Bonchev–Trinajstić information content (AvgIpc) is 2.38. The Morgan fingerprint density at radius 1 is 1.50 bits per heavy atom. The summed E-state index contributed by atoms with van der Waals surface area (Å²) in [4.78, 5) is 14.7. The fourth-order valence-electron chi connectivity index (χ4n) is 1.26. The third kappa shape index (κ3) is 2.48. The first-order valence-electron chi connectivity index (χ1n) is 4.83. The van der Waals surface area contributed by atoms with Crippen molar-refractivity contribution in [1.82, 2.24) is 4.98 Å². The van der Waals surface area contributed by atoms with Crippen LogP contribution in [0.3, 0.4) is 0 Å². The van der Waals surface area contributed by atoms with Crippen molar-refractivity contribution in [1.29, 1.82) is 0 Å². The van der Waals surface area contributed by atoms with E-state index < -0.39 is 6.10 Å². The minimum Gasteiger partial charge on any atom is -0.487 e. The Morgan fingerprint density at radius 3 is 3.19 bits per heavy atom. The standard InChI is InChI=1S/C12H10NO3/c14-8-12-11(5-3-7-15-12)16-9-10-4-1-2-6-13-10/h1-7,12H,9H2. The summed E-state index contributed by atoms with van der Waals surface area (Å²) in [5.41, 5.74) is 0.794. The Kier molecular flexibility index (Phi) is 3.33. The molecule has 0 N–H and O–H groups in total. The van der Waals surface area contributed by atoms with Gasteiger partial charge < -0.3 is 9.47 Å². The first-order valence-corrected chi connectivity index (χ1v) is 4.83. The topological polar surface area (TPSA) is 48.4 Å². The van der Waals surface area contributed by atoms with E-state index in [-0.39, 0.29) is 0 Å². The summed E-state index contributed by atoms with van der Waals surface area (Å²) >= 11 is 0. The maximum Gasteiger partial charge on any atom is 0.251 e. The van der Waals surface area contributed by atoms with E-state index in [9.17, 15) is 4.79 Å². The van der Waals surface area contributed by atoms with Crippen molar-refractivity contribution in [3.05, 3.63) is 54.3 Å².